The van der Waals surface area contributed by atoms with Crippen molar-refractivity contribution in [1.82, 2.24) is 0 Å². The number of carbonyl (C=O) groups is 1. The Morgan fingerprint density at radius 2 is 1.93 bits per heavy atom. The molecule has 0 aliphatic heterocycles. The number of carboxylic acids is 1. The van der Waals surface area contributed by atoms with E-state index < -0.39 is 5.97 Å². The molecule has 3 heteroatoms. The molecule has 0 heterocycles. The van der Waals surface area contributed by atoms with Crippen LogP contribution < -0.4 is 5.73 Å². The molecule has 84 valence electrons. The second-order valence-corrected chi connectivity index (χ2v) is 5.46. The molecular weight excluding hydrogens is 178 g/mol. The molecule has 0 unspecified atom stereocenters. The summed E-state index contributed by atoms with van der Waals surface area (Å²) in [6.07, 6.45) is 1.96. The van der Waals surface area contributed by atoms with Crippen LogP contribution in [-0.2, 0) is 4.79 Å². The van der Waals surface area contributed by atoms with Gasteiger partial charge in [-0.1, -0.05) is 27.7 Å². The molecule has 0 spiro atoms. The van der Waals surface area contributed by atoms with E-state index >= 15 is 0 Å². The van der Waals surface area contributed by atoms with Crippen molar-refractivity contribution < 1.29 is 9.90 Å². The number of hydrogen-bond acceptors (Lipinski definition) is 2. The van der Waals surface area contributed by atoms with Gasteiger partial charge < -0.3 is 10.8 Å². The molecule has 0 radical (unpaired) electrons. The van der Waals surface area contributed by atoms with E-state index in [9.17, 15) is 4.79 Å². The molecule has 0 aromatic carbocycles. The van der Waals surface area contributed by atoms with Gasteiger partial charge in [0.2, 0.25) is 0 Å². The number of rotatable bonds is 5. The lowest BCUT2D eigenvalue weighted by atomic mass is 9.83. The van der Waals surface area contributed by atoms with Crippen LogP contribution in [0.1, 0.15) is 47.0 Å². The zero-order valence-corrected chi connectivity index (χ0v) is 9.71. The van der Waals surface area contributed by atoms with Crippen LogP contribution in [0, 0.1) is 11.3 Å². The van der Waals surface area contributed by atoms with Gasteiger partial charge in [-0.15, -0.1) is 0 Å². The Labute approximate surface area is 86.7 Å². The van der Waals surface area contributed by atoms with E-state index in [-0.39, 0.29) is 12.5 Å². The second-order valence-electron chi connectivity index (χ2n) is 5.46. The summed E-state index contributed by atoms with van der Waals surface area (Å²) in [5.74, 6) is -0.315. The Morgan fingerprint density at radius 3 is 2.29 bits per heavy atom. The third-order valence-corrected chi connectivity index (χ3v) is 2.10. The normalized spacial score (nSPS) is 16.4. The third-order valence-electron chi connectivity index (χ3n) is 2.10. The molecule has 0 aliphatic rings. The van der Waals surface area contributed by atoms with Crippen LogP contribution in [0.2, 0.25) is 0 Å². The highest BCUT2D eigenvalue weighted by atomic mass is 16.4. The van der Waals surface area contributed by atoms with Gasteiger partial charge >= 0.3 is 5.97 Å². The van der Waals surface area contributed by atoms with Gasteiger partial charge in [-0.2, -0.15) is 0 Å². The molecular formula is C11H23NO2. The van der Waals surface area contributed by atoms with E-state index in [1.165, 1.54) is 0 Å². The van der Waals surface area contributed by atoms with Crippen molar-refractivity contribution in [2.75, 3.05) is 0 Å². The van der Waals surface area contributed by atoms with Gasteiger partial charge in [0.25, 0.3) is 0 Å². The monoisotopic (exact) mass is 201 g/mol. The third kappa shape index (κ3) is 8.05. The Kier molecular flexibility index (Phi) is 5.13. The lowest BCUT2D eigenvalue weighted by molar-refractivity contribution is -0.137. The first-order chi connectivity index (χ1) is 6.20. The van der Waals surface area contributed by atoms with Crippen molar-refractivity contribution in [3.63, 3.8) is 0 Å². The maximum Gasteiger partial charge on any atom is 0.304 e. The molecule has 0 bridgehead atoms. The molecule has 14 heavy (non-hydrogen) atoms. The van der Waals surface area contributed by atoms with Crippen LogP contribution in [0.5, 0.6) is 0 Å². The van der Waals surface area contributed by atoms with Crippen molar-refractivity contribution >= 4 is 5.97 Å². The van der Waals surface area contributed by atoms with Crippen LogP contribution in [0.25, 0.3) is 0 Å². The lowest BCUT2D eigenvalue weighted by Crippen LogP contribution is -2.27. The maximum atomic E-state index is 10.4. The zero-order valence-electron chi connectivity index (χ0n) is 9.71. The first kappa shape index (κ1) is 13.4. The summed E-state index contributed by atoms with van der Waals surface area (Å²) in [7, 11) is 0. The van der Waals surface area contributed by atoms with Crippen molar-refractivity contribution in [3.8, 4) is 0 Å². The van der Waals surface area contributed by atoms with E-state index in [1.54, 1.807) is 0 Å². The van der Waals surface area contributed by atoms with E-state index in [0.29, 0.717) is 11.3 Å². The van der Waals surface area contributed by atoms with Crippen molar-refractivity contribution in [1.29, 1.82) is 0 Å². The second kappa shape index (κ2) is 5.35. The fraction of sp³-hybridized carbons (Fsp3) is 0.909. The Bertz CT molecular complexity index is 184. The van der Waals surface area contributed by atoms with Crippen LogP contribution in [0.15, 0.2) is 0 Å². The molecule has 0 fully saturated rings. The molecule has 0 aromatic rings. The molecule has 0 amide bonds. The predicted octanol–water partition coefficient (Wildman–Crippen LogP) is 2.25. The van der Waals surface area contributed by atoms with Gasteiger partial charge in [0.15, 0.2) is 0 Å². The average molecular weight is 201 g/mol. The molecule has 0 rings (SSSR count). The molecule has 0 aromatic heterocycles. The first-order valence-electron chi connectivity index (χ1n) is 5.18. The summed E-state index contributed by atoms with van der Waals surface area (Å²) in [5, 5.41) is 8.55. The highest BCUT2D eigenvalue weighted by Crippen LogP contribution is 2.26. The lowest BCUT2D eigenvalue weighted by Gasteiger charge is -2.24. The van der Waals surface area contributed by atoms with Crippen LogP contribution in [0.4, 0.5) is 0 Å². The number of aliphatic carboxylic acids is 1. The summed E-state index contributed by atoms with van der Waals surface area (Å²) in [5.41, 5.74) is 6.01. The number of carboxylic acid groups (broad SMARTS) is 1. The number of nitrogens with two attached hydrogens (primary N) is 1. The van der Waals surface area contributed by atoms with Crippen molar-refractivity contribution in [2.24, 2.45) is 17.1 Å². The predicted molar refractivity (Wildman–Crippen MR) is 58.1 cm³/mol. The van der Waals surface area contributed by atoms with Gasteiger partial charge in [0, 0.05) is 6.04 Å². The van der Waals surface area contributed by atoms with Crippen LogP contribution in [0.3, 0.4) is 0 Å². The Morgan fingerprint density at radius 1 is 1.43 bits per heavy atom. The van der Waals surface area contributed by atoms with Gasteiger partial charge in [0.1, 0.15) is 0 Å². The standard InChI is InChI=1S/C11H23NO2/c1-8(7-11(2,3)4)5-9(12)6-10(13)14/h8-9H,5-7,12H2,1-4H3,(H,13,14)/t8-,9-/m1/s1. The minimum atomic E-state index is -0.805. The van der Waals surface area contributed by atoms with E-state index in [1.807, 2.05) is 0 Å². The van der Waals surface area contributed by atoms with Gasteiger partial charge in [-0.25, -0.2) is 0 Å². The summed E-state index contributed by atoms with van der Waals surface area (Å²) in [6, 6.07) is -0.204. The van der Waals surface area contributed by atoms with E-state index in [2.05, 4.69) is 27.7 Å². The fourth-order valence-electron chi connectivity index (χ4n) is 1.95. The molecule has 3 N–H and O–H groups in total. The molecule has 0 saturated carbocycles. The van der Waals surface area contributed by atoms with Crippen molar-refractivity contribution in [2.45, 2.75) is 53.0 Å². The van der Waals surface area contributed by atoms with Gasteiger partial charge in [-0.3, -0.25) is 4.79 Å². The Hall–Kier alpha value is -0.570. The average Bonchev–Trinajstić information content (AvgIpc) is 1.77. The smallest absolute Gasteiger partial charge is 0.304 e. The summed E-state index contributed by atoms with van der Waals surface area (Å²) in [6.45, 7) is 8.69. The quantitative estimate of drug-likeness (QED) is 0.717. The zero-order chi connectivity index (χ0) is 11.4. The topological polar surface area (TPSA) is 63.3 Å². The minimum Gasteiger partial charge on any atom is -0.481 e. The first-order valence-corrected chi connectivity index (χ1v) is 5.18. The Balaban J connectivity index is 3.82. The highest BCUT2D eigenvalue weighted by molar-refractivity contribution is 5.67. The largest absolute Gasteiger partial charge is 0.481 e. The van der Waals surface area contributed by atoms with Crippen LogP contribution >= 0.6 is 0 Å². The highest BCUT2D eigenvalue weighted by Gasteiger charge is 2.18. The van der Waals surface area contributed by atoms with Gasteiger partial charge in [-0.05, 0) is 24.2 Å². The van der Waals surface area contributed by atoms with Crippen molar-refractivity contribution in [3.05, 3.63) is 0 Å². The SMILES string of the molecule is C[C@H](C[C@@H](N)CC(=O)O)CC(C)(C)C. The summed E-state index contributed by atoms with van der Waals surface area (Å²) in [4.78, 5) is 10.4. The summed E-state index contributed by atoms with van der Waals surface area (Å²) < 4.78 is 0. The number of hydrogen-bond donors (Lipinski definition) is 2. The molecule has 0 aliphatic carbocycles. The molecule has 0 saturated heterocycles. The van der Waals surface area contributed by atoms with Crippen LogP contribution in [-0.4, -0.2) is 17.1 Å². The molecule has 3 nitrogen and oxygen atoms in total. The van der Waals surface area contributed by atoms with E-state index in [4.69, 9.17) is 10.8 Å². The minimum absolute atomic E-state index is 0.0779. The van der Waals surface area contributed by atoms with Gasteiger partial charge in [0.05, 0.1) is 6.42 Å². The molecule has 2 atom stereocenters. The maximum absolute atomic E-state index is 10.4. The summed E-state index contributed by atoms with van der Waals surface area (Å²) >= 11 is 0. The fourth-order valence-corrected chi connectivity index (χ4v) is 1.95. The van der Waals surface area contributed by atoms with E-state index in [0.717, 1.165) is 12.8 Å².